The van der Waals surface area contributed by atoms with Gasteiger partial charge in [0.25, 0.3) is 0 Å². The molecule has 0 aliphatic rings. The van der Waals surface area contributed by atoms with Gasteiger partial charge in [-0.3, -0.25) is 4.98 Å². The second-order valence-corrected chi connectivity index (χ2v) is 7.69. The summed E-state index contributed by atoms with van der Waals surface area (Å²) in [7, 11) is 0. The van der Waals surface area contributed by atoms with Crippen LogP contribution in [0.15, 0.2) is 18.2 Å². The van der Waals surface area contributed by atoms with Gasteiger partial charge in [0.05, 0.1) is 5.52 Å². The minimum absolute atomic E-state index is 0.0287. The summed E-state index contributed by atoms with van der Waals surface area (Å²) in [5, 5.41) is 1.05. The highest BCUT2D eigenvalue weighted by Gasteiger charge is 2.25. The number of hydrogen-bond acceptors (Lipinski definition) is 1. The summed E-state index contributed by atoms with van der Waals surface area (Å²) in [5.41, 5.74) is 4.49. The molecule has 108 valence electrons. The van der Waals surface area contributed by atoms with Crippen molar-refractivity contribution in [2.75, 3.05) is 0 Å². The van der Waals surface area contributed by atoms with E-state index >= 15 is 0 Å². The van der Waals surface area contributed by atoms with Crippen LogP contribution in [0.2, 0.25) is 0 Å². The molecule has 0 amide bonds. The van der Waals surface area contributed by atoms with Crippen LogP contribution in [0.3, 0.4) is 0 Å². The number of pyridine rings is 1. The first kappa shape index (κ1) is 11.3. The second kappa shape index (κ2) is 4.58. The van der Waals surface area contributed by atoms with Crippen LogP contribution in [0.4, 0.5) is 0 Å². The van der Waals surface area contributed by atoms with Gasteiger partial charge in [-0.15, -0.1) is 0 Å². The number of aryl methyl sites for hydroxylation is 2. The van der Waals surface area contributed by atoms with E-state index in [0.717, 1.165) is 16.5 Å². The summed E-state index contributed by atoms with van der Waals surface area (Å²) in [4.78, 5) is 4.53. The fourth-order valence-electron chi connectivity index (χ4n) is 2.78. The number of rotatable bonds is 0. The van der Waals surface area contributed by atoms with Crippen molar-refractivity contribution in [1.29, 1.82) is 0 Å². The Morgan fingerprint density at radius 1 is 0.950 bits per heavy atom. The largest absolute Gasteiger partial charge is 0.253 e. The van der Waals surface area contributed by atoms with Gasteiger partial charge in [-0.25, -0.2) is 0 Å². The molecule has 0 saturated heterocycles. The van der Waals surface area contributed by atoms with Gasteiger partial charge in [0, 0.05) is 15.2 Å². The van der Waals surface area contributed by atoms with Gasteiger partial charge in [-0.1, -0.05) is 53.7 Å². The summed E-state index contributed by atoms with van der Waals surface area (Å²) in [6.45, 7) is 13.0. The molecule has 0 N–H and O–H groups in total. The molecule has 1 aromatic heterocycles. The molecular formula is C19H27N. The molecule has 1 heterocycles. The van der Waals surface area contributed by atoms with Crippen LogP contribution < -0.4 is 0 Å². The maximum absolute atomic E-state index is 7.64. The molecule has 20 heavy (non-hydrogen) atoms. The molecule has 0 spiro atoms. The third kappa shape index (κ3) is 2.59. The number of aromatic nitrogens is 1. The molecule has 0 bridgehead atoms. The lowest BCUT2D eigenvalue weighted by Crippen LogP contribution is -2.19. The fraction of sp³-hybridized carbons (Fsp3) is 0.526. The van der Waals surface area contributed by atoms with Crippen molar-refractivity contribution in [2.45, 2.75) is 66.1 Å². The lowest BCUT2D eigenvalue weighted by molar-refractivity contribution is 0.569. The zero-order valence-electron chi connectivity index (χ0n) is 16.7. The molecule has 0 aliphatic heterocycles. The van der Waals surface area contributed by atoms with E-state index < -0.39 is 6.85 Å². The average Bonchev–Trinajstić information content (AvgIpc) is 2.34. The first-order valence-corrected chi connectivity index (χ1v) is 7.19. The zero-order valence-corrected chi connectivity index (χ0v) is 13.7. The number of fused-ring (bicyclic) bond motifs is 1. The molecule has 0 radical (unpaired) electrons. The van der Waals surface area contributed by atoms with Crippen LogP contribution in [0, 0.1) is 13.8 Å². The maximum atomic E-state index is 7.64. The molecule has 1 aromatic carbocycles. The van der Waals surface area contributed by atoms with Crippen molar-refractivity contribution >= 4 is 10.9 Å². The molecule has 0 saturated carbocycles. The molecule has 0 unspecified atom stereocenters. The predicted octanol–water partition coefficient (Wildman–Crippen LogP) is 5.45. The number of nitrogens with zero attached hydrogens (tertiary/aromatic N) is 1. The van der Waals surface area contributed by atoms with Crippen molar-refractivity contribution in [3.05, 3.63) is 40.6 Å². The van der Waals surface area contributed by atoms with E-state index in [1.807, 2.05) is 6.07 Å². The molecular weight excluding hydrogens is 242 g/mol. The first-order chi connectivity index (χ1) is 10.2. The minimum atomic E-state index is -2.18. The highest BCUT2D eigenvalue weighted by molar-refractivity contribution is 5.87. The van der Waals surface area contributed by atoms with Crippen LogP contribution in [0.25, 0.3) is 10.9 Å². The summed E-state index contributed by atoms with van der Waals surface area (Å²) < 4.78 is 22.9. The molecule has 1 nitrogen and oxygen atoms in total. The molecule has 2 aromatic rings. The van der Waals surface area contributed by atoms with Gasteiger partial charge in [-0.2, -0.15) is 0 Å². The first-order valence-electron chi connectivity index (χ1n) is 8.69. The Hall–Kier alpha value is -1.37. The van der Waals surface area contributed by atoms with Gasteiger partial charge >= 0.3 is 0 Å². The van der Waals surface area contributed by atoms with Crippen molar-refractivity contribution < 1.29 is 4.11 Å². The Balaban J connectivity index is 2.94. The third-order valence-corrected chi connectivity index (χ3v) is 3.86. The van der Waals surface area contributed by atoms with E-state index in [9.17, 15) is 0 Å². The highest BCUT2D eigenvalue weighted by atomic mass is 14.7. The predicted molar refractivity (Wildman–Crippen MR) is 88.6 cm³/mol. The lowest BCUT2D eigenvalue weighted by Gasteiger charge is -2.28. The van der Waals surface area contributed by atoms with Gasteiger partial charge in [0.15, 0.2) is 0 Å². The van der Waals surface area contributed by atoms with Crippen LogP contribution in [-0.2, 0) is 10.8 Å². The van der Waals surface area contributed by atoms with E-state index in [2.05, 4.69) is 59.5 Å². The Labute approximate surface area is 127 Å². The zero-order chi connectivity index (χ0) is 17.8. The standard InChI is InChI=1S/C19H27N/c1-12-9-10-14-13(2)15(18(3,4)5)11-16(17(14)20-12)19(6,7)8/h9-11H,1-8H3/i1D3. The van der Waals surface area contributed by atoms with Crippen molar-refractivity contribution in [1.82, 2.24) is 4.98 Å². The maximum Gasteiger partial charge on any atom is 0.0745 e. The molecule has 2 rings (SSSR count). The Kier molecular flexibility index (Phi) is 2.59. The van der Waals surface area contributed by atoms with E-state index in [1.165, 1.54) is 11.1 Å². The Morgan fingerprint density at radius 3 is 2.05 bits per heavy atom. The Bertz CT molecular complexity index is 744. The van der Waals surface area contributed by atoms with Crippen molar-refractivity contribution in [3.63, 3.8) is 0 Å². The topological polar surface area (TPSA) is 12.9 Å². The minimum Gasteiger partial charge on any atom is -0.253 e. The van der Waals surface area contributed by atoms with Crippen LogP contribution >= 0.6 is 0 Å². The smallest absolute Gasteiger partial charge is 0.0745 e. The highest BCUT2D eigenvalue weighted by Crippen LogP contribution is 2.37. The summed E-state index contributed by atoms with van der Waals surface area (Å²) in [5.74, 6) is 0. The summed E-state index contributed by atoms with van der Waals surface area (Å²) in [6.07, 6.45) is 0. The van der Waals surface area contributed by atoms with Crippen molar-refractivity contribution in [3.8, 4) is 0 Å². The normalized spacial score (nSPS) is 15.8. The van der Waals surface area contributed by atoms with Crippen LogP contribution in [0.5, 0.6) is 0 Å². The number of hydrogen-bond donors (Lipinski definition) is 0. The number of benzene rings is 1. The third-order valence-electron chi connectivity index (χ3n) is 3.86. The van der Waals surface area contributed by atoms with E-state index in [0.29, 0.717) is 0 Å². The SMILES string of the molecule is [2H]C([2H])([2H])c1ccc2c(C)c(C(C)(C)C)cc(C(C)(C)C)c2n1. The van der Waals surface area contributed by atoms with E-state index in [4.69, 9.17) is 4.11 Å². The van der Waals surface area contributed by atoms with Gasteiger partial charge in [0.2, 0.25) is 0 Å². The van der Waals surface area contributed by atoms with Gasteiger partial charge in [0.1, 0.15) is 0 Å². The van der Waals surface area contributed by atoms with E-state index in [1.54, 1.807) is 6.07 Å². The fourth-order valence-corrected chi connectivity index (χ4v) is 2.78. The quantitative estimate of drug-likeness (QED) is 0.621. The molecule has 1 heteroatoms. The molecule has 0 fully saturated rings. The summed E-state index contributed by atoms with van der Waals surface area (Å²) >= 11 is 0. The molecule has 0 aliphatic carbocycles. The van der Waals surface area contributed by atoms with Crippen LogP contribution in [-0.4, -0.2) is 4.98 Å². The second-order valence-electron chi connectivity index (χ2n) is 7.69. The van der Waals surface area contributed by atoms with Gasteiger partial charge in [-0.05, 0) is 47.4 Å². The van der Waals surface area contributed by atoms with Crippen LogP contribution in [0.1, 0.15) is 68.0 Å². The monoisotopic (exact) mass is 272 g/mol. The summed E-state index contributed by atoms with van der Waals surface area (Å²) in [6, 6.07) is 5.78. The van der Waals surface area contributed by atoms with E-state index in [-0.39, 0.29) is 16.5 Å². The average molecular weight is 272 g/mol. The van der Waals surface area contributed by atoms with Gasteiger partial charge < -0.3 is 0 Å². The lowest BCUT2D eigenvalue weighted by atomic mass is 9.77. The van der Waals surface area contributed by atoms with Crippen molar-refractivity contribution in [2.24, 2.45) is 0 Å². The Morgan fingerprint density at radius 2 is 1.55 bits per heavy atom. The molecule has 0 atom stereocenters.